The molecule has 0 aromatic heterocycles. The minimum atomic E-state index is -0.179. The number of amides is 2. The number of rotatable bonds is 1. The molecule has 0 aromatic carbocycles. The Morgan fingerprint density at radius 1 is 1.23 bits per heavy atom. The zero-order chi connectivity index (χ0) is 9.26. The van der Waals surface area contributed by atoms with Gasteiger partial charge < -0.3 is 0 Å². The summed E-state index contributed by atoms with van der Waals surface area (Å²) >= 11 is 0. The first-order chi connectivity index (χ1) is 6.29. The molecule has 13 heavy (non-hydrogen) atoms. The number of hydrogen-bond acceptors (Lipinski definition) is 2. The maximum Gasteiger partial charge on any atom is 0.254 e. The summed E-state index contributed by atoms with van der Waals surface area (Å²) in [6, 6.07) is -0.0104. The quantitative estimate of drug-likeness (QED) is 0.443. The van der Waals surface area contributed by atoms with Crippen LogP contribution in [-0.2, 0) is 9.59 Å². The van der Waals surface area contributed by atoms with Crippen LogP contribution in [0.15, 0.2) is 24.3 Å². The number of carbonyl (C=O) groups is 2. The Kier molecular flexibility index (Phi) is 2.00. The number of imide groups is 1. The Balaban J connectivity index is 2.16. The smallest absolute Gasteiger partial charge is 0.254 e. The number of carbonyl (C=O) groups excluding carboxylic acids is 2. The molecule has 0 fully saturated rings. The van der Waals surface area contributed by atoms with Gasteiger partial charge in [0.15, 0.2) is 0 Å². The van der Waals surface area contributed by atoms with Crippen LogP contribution in [0, 0.1) is 0 Å². The molecular weight excluding hydrogens is 166 g/mol. The summed E-state index contributed by atoms with van der Waals surface area (Å²) in [5.41, 5.74) is 0. The van der Waals surface area contributed by atoms with E-state index in [0.717, 1.165) is 19.3 Å². The van der Waals surface area contributed by atoms with E-state index in [1.165, 1.54) is 17.1 Å². The van der Waals surface area contributed by atoms with Gasteiger partial charge in [0, 0.05) is 12.2 Å². The highest BCUT2D eigenvalue weighted by atomic mass is 16.2. The summed E-state index contributed by atoms with van der Waals surface area (Å²) in [6.07, 6.45) is 9.67. The van der Waals surface area contributed by atoms with Gasteiger partial charge in [-0.3, -0.25) is 14.5 Å². The standard InChI is InChI=1S/C10H11NO2/c12-9-6-7-10(13)11(9)8-4-2-1-3-5-8/h2,4,6-8H,1,3,5H2. The molecule has 0 N–H and O–H groups in total. The summed E-state index contributed by atoms with van der Waals surface area (Å²) in [5, 5.41) is 0. The molecule has 3 nitrogen and oxygen atoms in total. The highest BCUT2D eigenvalue weighted by Crippen LogP contribution is 2.19. The van der Waals surface area contributed by atoms with Crippen molar-refractivity contribution in [1.29, 1.82) is 0 Å². The predicted molar refractivity (Wildman–Crippen MR) is 47.8 cm³/mol. The van der Waals surface area contributed by atoms with E-state index in [1.807, 2.05) is 12.2 Å². The van der Waals surface area contributed by atoms with Crippen LogP contribution in [0.1, 0.15) is 19.3 Å². The van der Waals surface area contributed by atoms with E-state index in [-0.39, 0.29) is 17.9 Å². The van der Waals surface area contributed by atoms with Gasteiger partial charge in [-0.2, -0.15) is 0 Å². The third-order valence-corrected chi connectivity index (χ3v) is 2.40. The van der Waals surface area contributed by atoms with Gasteiger partial charge in [-0.25, -0.2) is 0 Å². The molecule has 0 saturated carbocycles. The maximum atomic E-state index is 11.3. The van der Waals surface area contributed by atoms with Gasteiger partial charge in [0.05, 0.1) is 6.04 Å². The fourth-order valence-electron chi connectivity index (χ4n) is 1.75. The van der Waals surface area contributed by atoms with Crippen LogP contribution in [0.25, 0.3) is 0 Å². The zero-order valence-electron chi connectivity index (χ0n) is 7.27. The summed E-state index contributed by atoms with van der Waals surface area (Å²) in [7, 11) is 0. The van der Waals surface area contributed by atoms with Crippen LogP contribution in [0.4, 0.5) is 0 Å². The van der Waals surface area contributed by atoms with Crippen LogP contribution in [-0.4, -0.2) is 22.8 Å². The fraction of sp³-hybridized carbons (Fsp3) is 0.400. The number of nitrogens with zero attached hydrogens (tertiary/aromatic N) is 1. The van der Waals surface area contributed by atoms with E-state index >= 15 is 0 Å². The third kappa shape index (κ3) is 1.41. The number of hydrogen-bond donors (Lipinski definition) is 0. The monoisotopic (exact) mass is 177 g/mol. The van der Waals surface area contributed by atoms with E-state index in [2.05, 4.69) is 0 Å². The Morgan fingerprint density at radius 3 is 2.46 bits per heavy atom. The Hall–Kier alpha value is -1.38. The average molecular weight is 177 g/mol. The average Bonchev–Trinajstić information content (AvgIpc) is 2.48. The lowest BCUT2D eigenvalue weighted by Gasteiger charge is -2.25. The van der Waals surface area contributed by atoms with Gasteiger partial charge in [-0.15, -0.1) is 0 Å². The second kappa shape index (κ2) is 3.17. The predicted octanol–water partition coefficient (Wildman–Crippen LogP) is 1.02. The Labute approximate surface area is 76.7 Å². The van der Waals surface area contributed by atoms with Crippen LogP contribution in [0.5, 0.6) is 0 Å². The van der Waals surface area contributed by atoms with Crippen molar-refractivity contribution in [1.82, 2.24) is 4.90 Å². The first kappa shape index (κ1) is 8.23. The van der Waals surface area contributed by atoms with Gasteiger partial charge in [0.2, 0.25) is 0 Å². The summed E-state index contributed by atoms with van der Waals surface area (Å²) < 4.78 is 0. The molecule has 0 bridgehead atoms. The van der Waals surface area contributed by atoms with Gasteiger partial charge in [-0.05, 0) is 19.3 Å². The maximum absolute atomic E-state index is 11.3. The molecule has 1 aliphatic heterocycles. The minimum Gasteiger partial charge on any atom is -0.269 e. The first-order valence-corrected chi connectivity index (χ1v) is 4.51. The van der Waals surface area contributed by atoms with Crippen molar-refractivity contribution in [2.45, 2.75) is 25.3 Å². The Bertz CT molecular complexity index is 286. The molecule has 0 spiro atoms. The van der Waals surface area contributed by atoms with Gasteiger partial charge in [-0.1, -0.05) is 12.2 Å². The van der Waals surface area contributed by atoms with Crippen molar-refractivity contribution >= 4 is 11.8 Å². The molecule has 2 aliphatic rings. The molecule has 1 unspecified atom stereocenters. The van der Waals surface area contributed by atoms with Crippen LogP contribution < -0.4 is 0 Å². The highest BCUT2D eigenvalue weighted by molar-refractivity contribution is 6.13. The molecule has 0 aromatic rings. The summed E-state index contributed by atoms with van der Waals surface area (Å²) in [5.74, 6) is -0.358. The van der Waals surface area contributed by atoms with E-state index in [0.29, 0.717) is 0 Å². The molecule has 0 saturated heterocycles. The molecule has 2 rings (SSSR count). The first-order valence-electron chi connectivity index (χ1n) is 4.51. The van der Waals surface area contributed by atoms with Crippen molar-refractivity contribution in [2.75, 3.05) is 0 Å². The van der Waals surface area contributed by atoms with Crippen LogP contribution in [0.2, 0.25) is 0 Å². The topological polar surface area (TPSA) is 37.4 Å². The Morgan fingerprint density at radius 2 is 1.92 bits per heavy atom. The molecule has 0 radical (unpaired) electrons. The second-order valence-corrected chi connectivity index (χ2v) is 3.31. The lowest BCUT2D eigenvalue weighted by Crippen LogP contribution is -2.39. The second-order valence-electron chi connectivity index (χ2n) is 3.31. The van der Waals surface area contributed by atoms with E-state index in [1.54, 1.807) is 0 Å². The molecule has 2 amide bonds. The normalized spacial score (nSPS) is 27.4. The third-order valence-electron chi connectivity index (χ3n) is 2.40. The van der Waals surface area contributed by atoms with Crippen molar-refractivity contribution in [3.63, 3.8) is 0 Å². The summed E-state index contributed by atoms with van der Waals surface area (Å²) in [4.78, 5) is 23.9. The van der Waals surface area contributed by atoms with Crippen LogP contribution in [0.3, 0.4) is 0 Å². The fourth-order valence-corrected chi connectivity index (χ4v) is 1.75. The van der Waals surface area contributed by atoms with Crippen molar-refractivity contribution in [3.8, 4) is 0 Å². The SMILES string of the molecule is O=C1C=CC(=O)N1C1C=CCCC1. The van der Waals surface area contributed by atoms with E-state index in [9.17, 15) is 9.59 Å². The van der Waals surface area contributed by atoms with E-state index < -0.39 is 0 Å². The minimum absolute atomic E-state index is 0.0104. The van der Waals surface area contributed by atoms with Crippen molar-refractivity contribution in [3.05, 3.63) is 24.3 Å². The zero-order valence-corrected chi connectivity index (χ0v) is 7.27. The highest BCUT2D eigenvalue weighted by Gasteiger charge is 2.29. The lowest BCUT2D eigenvalue weighted by molar-refractivity contribution is -0.138. The van der Waals surface area contributed by atoms with Gasteiger partial charge in [0.25, 0.3) is 11.8 Å². The lowest BCUT2D eigenvalue weighted by atomic mass is 10.0. The number of allylic oxidation sites excluding steroid dienone is 1. The van der Waals surface area contributed by atoms with E-state index in [4.69, 9.17) is 0 Å². The molecule has 68 valence electrons. The van der Waals surface area contributed by atoms with Gasteiger partial charge >= 0.3 is 0 Å². The molecule has 3 heteroatoms. The van der Waals surface area contributed by atoms with Crippen molar-refractivity contribution in [2.24, 2.45) is 0 Å². The van der Waals surface area contributed by atoms with Crippen molar-refractivity contribution < 1.29 is 9.59 Å². The molecular formula is C10H11NO2. The molecule has 1 aliphatic carbocycles. The summed E-state index contributed by atoms with van der Waals surface area (Å²) in [6.45, 7) is 0. The molecule has 1 heterocycles. The molecule has 1 atom stereocenters. The largest absolute Gasteiger partial charge is 0.269 e. The van der Waals surface area contributed by atoms with Crippen LogP contribution >= 0.6 is 0 Å². The van der Waals surface area contributed by atoms with Gasteiger partial charge in [0.1, 0.15) is 0 Å².